The molecule has 3 rings (SSSR count). The summed E-state index contributed by atoms with van der Waals surface area (Å²) in [5.74, 6) is 0.770. The maximum atomic E-state index is 3.92. The third-order valence-corrected chi connectivity index (χ3v) is 6.64. The number of rotatable bonds is 4. The minimum Gasteiger partial charge on any atom is -0.308 e. The van der Waals surface area contributed by atoms with Gasteiger partial charge in [0.05, 0.1) is 3.79 Å². The first-order valence-electron chi connectivity index (χ1n) is 8.30. The van der Waals surface area contributed by atoms with Gasteiger partial charge in [-0.05, 0) is 53.2 Å². The number of thiophene rings is 1. The van der Waals surface area contributed by atoms with Gasteiger partial charge >= 0.3 is 0 Å². The van der Waals surface area contributed by atoms with E-state index in [1.54, 1.807) is 0 Å². The molecule has 2 nitrogen and oxygen atoms in total. The van der Waals surface area contributed by atoms with Crippen LogP contribution in [0.25, 0.3) is 0 Å². The Morgan fingerprint density at radius 3 is 2.76 bits per heavy atom. The molecule has 1 spiro atoms. The number of nitrogens with one attached hydrogen (secondary N) is 1. The summed E-state index contributed by atoms with van der Waals surface area (Å²) in [7, 11) is 0. The second-order valence-corrected chi connectivity index (χ2v) is 9.81. The molecule has 0 bridgehead atoms. The summed E-state index contributed by atoms with van der Waals surface area (Å²) < 4.78 is 1.25. The van der Waals surface area contributed by atoms with Crippen LogP contribution < -0.4 is 5.32 Å². The van der Waals surface area contributed by atoms with E-state index in [-0.39, 0.29) is 0 Å². The maximum Gasteiger partial charge on any atom is 0.0701 e. The Bertz CT molecular complexity index is 465. The molecule has 1 atom stereocenters. The predicted octanol–water partition coefficient (Wildman–Crippen LogP) is 4.64. The second kappa shape index (κ2) is 6.69. The Balaban J connectivity index is 1.72. The monoisotopic (exact) mass is 370 g/mol. The second-order valence-electron chi connectivity index (χ2n) is 7.26. The van der Waals surface area contributed by atoms with Crippen molar-refractivity contribution < 1.29 is 0 Å². The molecule has 2 fully saturated rings. The molecule has 118 valence electrons. The number of nitrogens with zero attached hydrogens (tertiary/aromatic N) is 1. The molecule has 1 aromatic rings. The highest BCUT2D eigenvalue weighted by Crippen LogP contribution is 2.35. The summed E-state index contributed by atoms with van der Waals surface area (Å²) >= 11 is 5.49. The van der Waals surface area contributed by atoms with Crippen LogP contribution in [0.5, 0.6) is 0 Å². The molecule has 1 N–H and O–H groups in total. The summed E-state index contributed by atoms with van der Waals surface area (Å²) in [4.78, 5) is 4.26. The number of hydrogen-bond donors (Lipinski definition) is 1. The first-order valence-corrected chi connectivity index (χ1v) is 9.91. The van der Waals surface area contributed by atoms with Gasteiger partial charge in [0.1, 0.15) is 0 Å². The summed E-state index contributed by atoms with van der Waals surface area (Å²) in [5.41, 5.74) is 0.419. The van der Waals surface area contributed by atoms with Crippen molar-refractivity contribution in [3.05, 3.63) is 20.8 Å². The van der Waals surface area contributed by atoms with E-state index in [4.69, 9.17) is 0 Å². The van der Waals surface area contributed by atoms with Crippen LogP contribution in [0.1, 0.15) is 50.8 Å². The molecule has 1 saturated heterocycles. The molecule has 1 aliphatic heterocycles. The van der Waals surface area contributed by atoms with Crippen molar-refractivity contribution >= 4 is 27.3 Å². The van der Waals surface area contributed by atoms with E-state index in [1.807, 2.05) is 11.3 Å². The lowest BCUT2D eigenvalue weighted by Gasteiger charge is -2.47. The quantitative estimate of drug-likeness (QED) is 0.829. The summed E-state index contributed by atoms with van der Waals surface area (Å²) in [6.45, 7) is 8.22. The highest BCUT2D eigenvalue weighted by atomic mass is 79.9. The summed E-state index contributed by atoms with van der Waals surface area (Å²) in [6, 6.07) is 5.16. The molecule has 2 heterocycles. The first-order chi connectivity index (χ1) is 10.1. The van der Waals surface area contributed by atoms with Gasteiger partial charge in [0.15, 0.2) is 0 Å². The van der Waals surface area contributed by atoms with Crippen LogP contribution in [0, 0.1) is 5.92 Å². The molecule has 0 aromatic carbocycles. The van der Waals surface area contributed by atoms with E-state index in [0.717, 1.165) is 12.5 Å². The Labute approximate surface area is 141 Å². The lowest BCUT2D eigenvalue weighted by molar-refractivity contribution is 0.0638. The minimum absolute atomic E-state index is 0.419. The van der Waals surface area contributed by atoms with Crippen LogP contribution in [0.2, 0.25) is 0 Å². The third-order valence-electron chi connectivity index (χ3n) is 5.03. The van der Waals surface area contributed by atoms with Crippen molar-refractivity contribution in [1.82, 2.24) is 10.2 Å². The zero-order valence-corrected chi connectivity index (χ0v) is 15.6. The third kappa shape index (κ3) is 3.90. The Morgan fingerprint density at radius 2 is 2.14 bits per heavy atom. The molecule has 1 saturated carbocycles. The zero-order valence-electron chi connectivity index (χ0n) is 13.2. The Kier molecular flexibility index (Phi) is 5.09. The molecule has 0 amide bonds. The molecular weight excluding hydrogens is 344 g/mol. The minimum atomic E-state index is 0.419. The molecule has 1 unspecified atom stereocenters. The van der Waals surface area contributed by atoms with Gasteiger partial charge in [-0.1, -0.05) is 26.7 Å². The average Bonchev–Trinajstić information content (AvgIpc) is 3.03. The number of halogens is 1. The standard InChI is InChI=1S/C17H27BrN2S/c1-13(2)9-14-10-19-17(7-3-4-8-17)12-20(14)11-15-5-6-16(18)21-15/h5-6,13-14,19H,3-4,7-12H2,1-2H3. The van der Waals surface area contributed by atoms with E-state index in [0.29, 0.717) is 11.6 Å². The van der Waals surface area contributed by atoms with Gasteiger partial charge in [-0.2, -0.15) is 0 Å². The number of hydrogen-bond acceptors (Lipinski definition) is 3. The van der Waals surface area contributed by atoms with Gasteiger partial charge in [0.25, 0.3) is 0 Å². The van der Waals surface area contributed by atoms with Gasteiger partial charge in [-0.3, -0.25) is 4.90 Å². The van der Waals surface area contributed by atoms with E-state index in [2.05, 4.69) is 52.1 Å². The topological polar surface area (TPSA) is 15.3 Å². The normalized spacial score (nSPS) is 26.0. The van der Waals surface area contributed by atoms with E-state index in [1.165, 1.54) is 53.9 Å². The fraction of sp³-hybridized carbons (Fsp3) is 0.765. The van der Waals surface area contributed by atoms with Crippen LogP contribution >= 0.6 is 27.3 Å². The van der Waals surface area contributed by atoms with Crippen LogP contribution in [0.3, 0.4) is 0 Å². The van der Waals surface area contributed by atoms with Crippen LogP contribution in [-0.4, -0.2) is 29.6 Å². The molecule has 1 aliphatic carbocycles. The summed E-state index contributed by atoms with van der Waals surface area (Å²) in [5, 5.41) is 3.92. The molecule has 4 heteroatoms. The lowest BCUT2D eigenvalue weighted by atomic mass is 9.90. The molecule has 2 aliphatic rings. The van der Waals surface area contributed by atoms with Crippen molar-refractivity contribution in [2.24, 2.45) is 5.92 Å². The molecule has 0 radical (unpaired) electrons. The predicted molar refractivity (Wildman–Crippen MR) is 94.9 cm³/mol. The zero-order chi connectivity index (χ0) is 14.9. The van der Waals surface area contributed by atoms with E-state index in [9.17, 15) is 0 Å². The van der Waals surface area contributed by atoms with Crippen molar-refractivity contribution in [2.75, 3.05) is 13.1 Å². The largest absolute Gasteiger partial charge is 0.308 e. The highest BCUT2D eigenvalue weighted by Gasteiger charge is 2.41. The fourth-order valence-corrected chi connectivity index (χ4v) is 5.53. The molecule has 21 heavy (non-hydrogen) atoms. The lowest BCUT2D eigenvalue weighted by Crippen LogP contribution is -2.62. The van der Waals surface area contributed by atoms with E-state index < -0.39 is 0 Å². The van der Waals surface area contributed by atoms with Gasteiger partial charge < -0.3 is 5.32 Å². The summed E-state index contributed by atoms with van der Waals surface area (Å²) in [6.07, 6.45) is 6.84. The SMILES string of the molecule is CC(C)CC1CNC2(CCCC2)CN1Cc1ccc(Br)s1. The van der Waals surface area contributed by atoms with Gasteiger partial charge in [0.2, 0.25) is 0 Å². The highest BCUT2D eigenvalue weighted by molar-refractivity contribution is 9.11. The maximum absolute atomic E-state index is 3.92. The molecule has 1 aromatic heterocycles. The number of piperazine rings is 1. The molecular formula is C17H27BrN2S. The van der Waals surface area contributed by atoms with Crippen LogP contribution in [0.15, 0.2) is 15.9 Å². The van der Waals surface area contributed by atoms with E-state index >= 15 is 0 Å². The van der Waals surface area contributed by atoms with Gasteiger partial charge in [-0.15, -0.1) is 11.3 Å². The van der Waals surface area contributed by atoms with Crippen molar-refractivity contribution in [1.29, 1.82) is 0 Å². The Hall–Kier alpha value is 0.1000. The van der Waals surface area contributed by atoms with Gasteiger partial charge in [-0.25, -0.2) is 0 Å². The smallest absolute Gasteiger partial charge is 0.0701 e. The van der Waals surface area contributed by atoms with Crippen molar-refractivity contribution in [2.45, 2.75) is 64.1 Å². The van der Waals surface area contributed by atoms with Crippen LogP contribution in [-0.2, 0) is 6.54 Å². The van der Waals surface area contributed by atoms with Crippen LogP contribution in [0.4, 0.5) is 0 Å². The average molecular weight is 371 g/mol. The fourth-order valence-electron chi connectivity index (χ4n) is 4.02. The van der Waals surface area contributed by atoms with Crippen molar-refractivity contribution in [3.8, 4) is 0 Å². The van der Waals surface area contributed by atoms with Crippen molar-refractivity contribution in [3.63, 3.8) is 0 Å². The Morgan fingerprint density at radius 1 is 1.38 bits per heavy atom. The van der Waals surface area contributed by atoms with Gasteiger partial charge in [0, 0.05) is 36.1 Å². The first kappa shape index (κ1) is 16.0.